The second-order valence-electron chi connectivity index (χ2n) is 12.6. The zero-order chi connectivity index (χ0) is 32.1. The first-order valence-corrected chi connectivity index (χ1v) is 16.6. The highest BCUT2D eigenvalue weighted by molar-refractivity contribution is 6.23. The van der Waals surface area contributed by atoms with E-state index in [0.717, 1.165) is 56.5 Å². The van der Waals surface area contributed by atoms with Crippen LogP contribution in [0.15, 0.2) is 174 Å². The maximum atomic E-state index is 7.08. The minimum absolute atomic E-state index is 0.759. The van der Waals surface area contributed by atoms with Gasteiger partial charge in [0.2, 0.25) is 11.8 Å². The first kappa shape index (κ1) is 26.4. The third kappa shape index (κ3) is 3.53. The third-order valence-corrected chi connectivity index (χ3v) is 10.00. The van der Waals surface area contributed by atoms with Crippen LogP contribution >= 0.6 is 0 Å². The molecule has 0 aliphatic heterocycles. The highest BCUT2D eigenvalue weighted by atomic mass is 16.4. The molecule has 5 heteroatoms. The van der Waals surface area contributed by atoms with Crippen molar-refractivity contribution in [2.45, 2.75) is 0 Å². The third-order valence-electron chi connectivity index (χ3n) is 10.00. The number of hydrogen-bond donors (Lipinski definition) is 0. The van der Waals surface area contributed by atoms with Crippen molar-refractivity contribution >= 4 is 65.7 Å². The Hall–Kier alpha value is -6.72. The fourth-order valence-corrected chi connectivity index (χ4v) is 8.08. The molecule has 0 fully saturated rings. The van der Waals surface area contributed by atoms with E-state index in [0.29, 0.717) is 0 Å². The maximum Gasteiger partial charge on any atom is 0.208 e. The van der Waals surface area contributed by atoms with Crippen molar-refractivity contribution in [1.29, 1.82) is 0 Å². The molecule has 11 aromatic rings. The summed E-state index contributed by atoms with van der Waals surface area (Å²) in [4.78, 5) is 0. The van der Waals surface area contributed by atoms with Gasteiger partial charge in [0.25, 0.3) is 0 Å². The molecule has 0 unspecified atom stereocenters. The fraction of sp³-hybridized carbons (Fsp3) is 0. The molecule has 0 amide bonds. The topological polar surface area (TPSA) is 32.9 Å². The minimum atomic E-state index is 0.759. The Labute approximate surface area is 280 Å². The van der Waals surface area contributed by atoms with Crippen molar-refractivity contribution in [3.63, 3.8) is 0 Å². The quantitative estimate of drug-likeness (QED) is 0.191. The van der Waals surface area contributed by atoms with Crippen molar-refractivity contribution in [2.24, 2.45) is 0 Å². The Bertz CT molecular complexity index is 2830. The van der Waals surface area contributed by atoms with Gasteiger partial charge in [-0.15, -0.1) is 0 Å². The van der Waals surface area contributed by atoms with Crippen LogP contribution in [-0.2, 0) is 0 Å². The van der Waals surface area contributed by atoms with Gasteiger partial charge in [-0.1, -0.05) is 109 Å². The van der Waals surface area contributed by atoms with Crippen LogP contribution in [0.3, 0.4) is 0 Å². The van der Waals surface area contributed by atoms with E-state index in [1.165, 1.54) is 32.3 Å². The van der Waals surface area contributed by atoms with Crippen LogP contribution in [0.5, 0.6) is 0 Å². The van der Waals surface area contributed by atoms with Gasteiger partial charge in [-0.25, -0.2) is 0 Å². The van der Waals surface area contributed by atoms with Crippen LogP contribution in [0.4, 0.5) is 0 Å². The van der Waals surface area contributed by atoms with Gasteiger partial charge in [0.1, 0.15) is 11.3 Å². The van der Waals surface area contributed by atoms with Crippen molar-refractivity contribution < 1.29 is 4.42 Å². The number of benzene rings is 6. The van der Waals surface area contributed by atoms with Crippen molar-refractivity contribution in [2.75, 3.05) is 0 Å². The molecular weight excluding hydrogens is 601 g/mol. The van der Waals surface area contributed by atoms with Crippen LogP contribution in [0.1, 0.15) is 0 Å². The summed E-state index contributed by atoms with van der Waals surface area (Å²) in [5, 5.41) is 7.25. The second-order valence-corrected chi connectivity index (χ2v) is 12.6. The van der Waals surface area contributed by atoms with Gasteiger partial charge < -0.3 is 4.42 Å². The van der Waals surface area contributed by atoms with Gasteiger partial charge in [0.15, 0.2) is 0 Å². The van der Waals surface area contributed by atoms with E-state index in [9.17, 15) is 0 Å². The molecule has 230 valence electrons. The van der Waals surface area contributed by atoms with Gasteiger partial charge in [-0.3, -0.25) is 18.3 Å². The Morgan fingerprint density at radius 2 is 0.592 bits per heavy atom. The average Bonchev–Trinajstić information content (AvgIpc) is 3.97. The lowest BCUT2D eigenvalue weighted by Gasteiger charge is -2.12. The first-order chi connectivity index (χ1) is 24.4. The minimum Gasteiger partial charge on any atom is -0.423 e. The van der Waals surface area contributed by atoms with Crippen LogP contribution in [0, 0.1) is 0 Å². The monoisotopic (exact) mass is 628 g/mol. The lowest BCUT2D eigenvalue weighted by Crippen LogP contribution is -2.01. The molecule has 0 saturated carbocycles. The van der Waals surface area contributed by atoms with Crippen LogP contribution in [-0.4, -0.2) is 18.3 Å². The average molecular weight is 629 g/mol. The summed E-state index contributed by atoms with van der Waals surface area (Å²) >= 11 is 0. The Kier molecular flexibility index (Phi) is 5.32. The number of rotatable bonds is 4. The van der Waals surface area contributed by atoms with E-state index < -0.39 is 0 Å². The zero-order valence-electron chi connectivity index (χ0n) is 26.4. The molecule has 0 N–H and O–H groups in total. The molecule has 11 rings (SSSR count). The predicted octanol–water partition coefficient (Wildman–Crippen LogP) is 11.4. The summed E-state index contributed by atoms with van der Waals surface area (Å²) in [6.45, 7) is 0. The standard InChI is InChI=1S/C44H28N4O/c1-3-15-29(16-4-1)45-35-23-11-7-19-31(35)41-33-21-9-13-25-37(33)47(43(41)45)39-27-28-40(49-39)48-38-26-14-10-22-34(38)42-32-20-8-12-24-36(32)46(44(42)48)30-17-5-2-6-18-30/h1-28H. The van der Waals surface area contributed by atoms with Gasteiger partial charge >= 0.3 is 0 Å². The summed E-state index contributed by atoms with van der Waals surface area (Å²) in [5.41, 5.74) is 8.90. The van der Waals surface area contributed by atoms with E-state index in [-0.39, 0.29) is 0 Å². The van der Waals surface area contributed by atoms with Gasteiger partial charge in [0.05, 0.1) is 22.1 Å². The van der Waals surface area contributed by atoms with E-state index in [4.69, 9.17) is 4.42 Å². The number of fused-ring (bicyclic) bond motifs is 10. The normalized spacial score (nSPS) is 12.1. The Morgan fingerprint density at radius 3 is 0.959 bits per heavy atom. The molecular formula is C44H28N4O. The van der Waals surface area contributed by atoms with Crippen molar-refractivity contribution in [3.8, 4) is 23.1 Å². The molecule has 5 nitrogen and oxygen atoms in total. The molecule has 49 heavy (non-hydrogen) atoms. The van der Waals surface area contributed by atoms with Crippen LogP contribution in [0.25, 0.3) is 88.8 Å². The molecule has 0 atom stereocenters. The van der Waals surface area contributed by atoms with E-state index in [1.54, 1.807) is 0 Å². The van der Waals surface area contributed by atoms with E-state index in [2.05, 4.69) is 188 Å². The molecule has 0 saturated heterocycles. The number of furan rings is 1. The SMILES string of the molecule is c1ccc(-n2c3ccccc3c3c4ccccc4n(-c4ccc(-n5c6ccccc6c6c7ccccc7n(-c7ccccc7)c65)o4)c32)cc1. The molecule has 6 aromatic carbocycles. The molecule has 0 radical (unpaired) electrons. The zero-order valence-corrected chi connectivity index (χ0v) is 26.4. The van der Waals surface area contributed by atoms with Gasteiger partial charge in [0, 0.05) is 55.8 Å². The predicted molar refractivity (Wildman–Crippen MR) is 201 cm³/mol. The summed E-state index contributed by atoms with van der Waals surface area (Å²) in [6, 6.07) is 60.1. The lowest BCUT2D eigenvalue weighted by molar-refractivity contribution is 0.527. The Morgan fingerprint density at radius 1 is 0.286 bits per heavy atom. The van der Waals surface area contributed by atoms with Crippen LogP contribution < -0.4 is 0 Å². The van der Waals surface area contributed by atoms with Crippen molar-refractivity contribution in [1.82, 2.24) is 18.3 Å². The Balaban J connectivity index is 1.26. The number of nitrogens with zero attached hydrogens (tertiary/aromatic N) is 4. The van der Waals surface area contributed by atoms with Crippen molar-refractivity contribution in [3.05, 3.63) is 170 Å². The highest BCUT2D eigenvalue weighted by Gasteiger charge is 2.26. The van der Waals surface area contributed by atoms with E-state index >= 15 is 0 Å². The smallest absolute Gasteiger partial charge is 0.208 e. The lowest BCUT2D eigenvalue weighted by atomic mass is 10.1. The fourth-order valence-electron chi connectivity index (χ4n) is 8.08. The summed E-state index contributed by atoms with van der Waals surface area (Å²) in [7, 11) is 0. The summed E-state index contributed by atoms with van der Waals surface area (Å²) < 4.78 is 16.4. The maximum absolute atomic E-state index is 7.08. The summed E-state index contributed by atoms with van der Waals surface area (Å²) in [6.07, 6.45) is 0. The van der Waals surface area contributed by atoms with Gasteiger partial charge in [-0.2, -0.15) is 0 Å². The highest BCUT2D eigenvalue weighted by Crippen LogP contribution is 2.43. The number of aromatic nitrogens is 4. The number of para-hydroxylation sites is 6. The van der Waals surface area contributed by atoms with Gasteiger partial charge in [-0.05, 0) is 48.5 Å². The molecule has 0 spiro atoms. The first-order valence-electron chi connectivity index (χ1n) is 16.6. The molecule has 0 bridgehead atoms. The second kappa shape index (κ2) is 9.89. The van der Waals surface area contributed by atoms with E-state index in [1.807, 2.05) is 0 Å². The van der Waals surface area contributed by atoms with Crippen LogP contribution in [0.2, 0.25) is 0 Å². The molecule has 5 heterocycles. The summed E-state index contributed by atoms with van der Waals surface area (Å²) in [5.74, 6) is 1.52. The molecule has 0 aliphatic rings. The largest absolute Gasteiger partial charge is 0.423 e. The molecule has 5 aromatic heterocycles. The molecule has 0 aliphatic carbocycles. The number of hydrogen-bond acceptors (Lipinski definition) is 1.